The van der Waals surface area contributed by atoms with Gasteiger partial charge in [0.2, 0.25) is 0 Å². The van der Waals surface area contributed by atoms with Crippen molar-refractivity contribution in [2.75, 3.05) is 20.1 Å². The van der Waals surface area contributed by atoms with Crippen molar-refractivity contribution in [1.29, 1.82) is 0 Å². The molecular weight excluding hydrogens is 228 g/mol. The molecule has 2 heterocycles. The molecule has 1 aliphatic rings. The number of rotatable bonds is 3. The van der Waals surface area contributed by atoms with E-state index in [1.54, 1.807) is 18.3 Å². The molecule has 0 saturated carbocycles. The van der Waals surface area contributed by atoms with Crippen molar-refractivity contribution in [1.82, 2.24) is 15.2 Å². The molecule has 1 atom stereocenters. The molecule has 0 spiro atoms. The van der Waals surface area contributed by atoms with Gasteiger partial charge in [-0.15, -0.1) is 0 Å². The van der Waals surface area contributed by atoms with Crippen molar-refractivity contribution in [3.63, 3.8) is 0 Å². The number of carbonyl (C=O) groups excluding carboxylic acids is 1. The van der Waals surface area contributed by atoms with Crippen LogP contribution in [0.2, 0.25) is 0 Å². The first kappa shape index (κ1) is 13.0. The summed E-state index contributed by atoms with van der Waals surface area (Å²) in [6.45, 7) is 2.38. The summed E-state index contributed by atoms with van der Waals surface area (Å²) in [5.41, 5.74) is 6.90. The lowest BCUT2D eigenvalue weighted by molar-refractivity contribution is 0.0912. The number of pyridine rings is 1. The number of hydrogen-bond acceptors (Lipinski definition) is 4. The van der Waals surface area contributed by atoms with E-state index >= 15 is 0 Å². The fourth-order valence-corrected chi connectivity index (χ4v) is 2.28. The summed E-state index contributed by atoms with van der Waals surface area (Å²) in [6.07, 6.45) is 3.81. The number of nitrogens with zero attached hydrogens (tertiary/aromatic N) is 2. The standard InChI is InChI=1S/C13H20N4O/c1-17-6-2-3-11(9-17)16-13(18)10-4-5-15-12(7-10)8-14/h4-5,7,11H,2-3,6,8-9,14H2,1H3,(H,16,18). The third kappa shape index (κ3) is 3.27. The first-order valence-corrected chi connectivity index (χ1v) is 6.33. The summed E-state index contributed by atoms with van der Waals surface area (Å²) < 4.78 is 0. The minimum atomic E-state index is -0.0348. The normalized spacial score (nSPS) is 20.7. The highest BCUT2D eigenvalue weighted by atomic mass is 16.1. The fourth-order valence-electron chi connectivity index (χ4n) is 2.28. The molecule has 1 saturated heterocycles. The first-order chi connectivity index (χ1) is 8.69. The Morgan fingerprint density at radius 1 is 1.67 bits per heavy atom. The quantitative estimate of drug-likeness (QED) is 0.810. The lowest BCUT2D eigenvalue weighted by Gasteiger charge is -2.30. The second-order valence-corrected chi connectivity index (χ2v) is 4.81. The number of hydrogen-bond donors (Lipinski definition) is 2. The van der Waals surface area contributed by atoms with Gasteiger partial charge in [0.1, 0.15) is 0 Å². The van der Waals surface area contributed by atoms with Gasteiger partial charge in [-0.25, -0.2) is 0 Å². The Bertz CT molecular complexity index is 421. The zero-order valence-corrected chi connectivity index (χ0v) is 10.7. The number of amides is 1. The molecule has 18 heavy (non-hydrogen) atoms. The highest BCUT2D eigenvalue weighted by Gasteiger charge is 2.19. The molecule has 3 N–H and O–H groups in total. The Morgan fingerprint density at radius 2 is 2.50 bits per heavy atom. The number of nitrogens with two attached hydrogens (primary N) is 1. The topological polar surface area (TPSA) is 71.2 Å². The number of likely N-dealkylation sites (tertiary alicyclic amines) is 1. The molecule has 0 bridgehead atoms. The van der Waals surface area contributed by atoms with E-state index in [4.69, 9.17) is 5.73 Å². The maximum Gasteiger partial charge on any atom is 0.251 e. The summed E-state index contributed by atoms with van der Waals surface area (Å²) in [5.74, 6) is -0.0348. The zero-order chi connectivity index (χ0) is 13.0. The summed E-state index contributed by atoms with van der Waals surface area (Å²) in [7, 11) is 2.08. The van der Waals surface area contributed by atoms with Gasteiger partial charge in [0, 0.05) is 30.9 Å². The summed E-state index contributed by atoms with van der Waals surface area (Å²) in [6, 6.07) is 3.72. The Balaban J connectivity index is 1.98. The van der Waals surface area contributed by atoms with Gasteiger partial charge in [-0.05, 0) is 38.6 Å². The van der Waals surface area contributed by atoms with Crippen LogP contribution in [0, 0.1) is 0 Å². The Hall–Kier alpha value is -1.46. The summed E-state index contributed by atoms with van der Waals surface area (Å²) in [4.78, 5) is 18.4. The second-order valence-electron chi connectivity index (χ2n) is 4.81. The largest absolute Gasteiger partial charge is 0.348 e. The maximum absolute atomic E-state index is 12.1. The van der Waals surface area contributed by atoms with Crippen LogP contribution in [0.15, 0.2) is 18.3 Å². The van der Waals surface area contributed by atoms with E-state index in [0.717, 1.165) is 31.6 Å². The fraction of sp³-hybridized carbons (Fsp3) is 0.538. The average Bonchev–Trinajstić information content (AvgIpc) is 2.39. The smallest absolute Gasteiger partial charge is 0.251 e. The second kappa shape index (κ2) is 5.93. The zero-order valence-electron chi connectivity index (χ0n) is 10.7. The van der Waals surface area contributed by atoms with Gasteiger partial charge < -0.3 is 16.0 Å². The van der Waals surface area contributed by atoms with E-state index in [2.05, 4.69) is 22.2 Å². The molecule has 98 valence electrons. The van der Waals surface area contributed by atoms with Crippen LogP contribution in [0.1, 0.15) is 28.9 Å². The van der Waals surface area contributed by atoms with E-state index in [1.807, 2.05) is 0 Å². The van der Waals surface area contributed by atoms with Crippen molar-refractivity contribution in [3.05, 3.63) is 29.6 Å². The van der Waals surface area contributed by atoms with Crippen molar-refractivity contribution in [2.45, 2.75) is 25.4 Å². The van der Waals surface area contributed by atoms with Crippen molar-refractivity contribution in [3.8, 4) is 0 Å². The maximum atomic E-state index is 12.1. The molecule has 1 aliphatic heterocycles. The predicted octanol–water partition coefficient (Wildman–Crippen LogP) is 0.364. The van der Waals surface area contributed by atoms with E-state index in [-0.39, 0.29) is 11.9 Å². The molecule has 1 aromatic rings. The highest BCUT2D eigenvalue weighted by molar-refractivity contribution is 5.94. The summed E-state index contributed by atoms with van der Waals surface area (Å²) >= 11 is 0. The van der Waals surface area contributed by atoms with Gasteiger partial charge in [-0.3, -0.25) is 9.78 Å². The Labute approximate surface area is 107 Å². The third-order valence-electron chi connectivity index (χ3n) is 3.25. The monoisotopic (exact) mass is 248 g/mol. The van der Waals surface area contributed by atoms with Crippen LogP contribution in [0.4, 0.5) is 0 Å². The van der Waals surface area contributed by atoms with Gasteiger partial charge in [0.25, 0.3) is 5.91 Å². The molecule has 5 heteroatoms. The molecule has 1 aromatic heterocycles. The molecule has 0 aromatic carbocycles. The van der Waals surface area contributed by atoms with E-state index < -0.39 is 0 Å². The van der Waals surface area contributed by atoms with E-state index in [9.17, 15) is 4.79 Å². The van der Waals surface area contributed by atoms with Crippen molar-refractivity contribution < 1.29 is 4.79 Å². The van der Waals surface area contributed by atoms with Crippen LogP contribution < -0.4 is 11.1 Å². The average molecular weight is 248 g/mol. The molecule has 1 fully saturated rings. The molecule has 2 rings (SSSR count). The van der Waals surface area contributed by atoms with Crippen LogP contribution >= 0.6 is 0 Å². The van der Waals surface area contributed by atoms with Crippen LogP contribution in [-0.4, -0.2) is 42.0 Å². The van der Waals surface area contributed by atoms with Crippen molar-refractivity contribution in [2.24, 2.45) is 5.73 Å². The number of carbonyl (C=O) groups is 1. The van der Waals surface area contributed by atoms with Crippen LogP contribution in [0.3, 0.4) is 0 Å². The Kier molecular flexibility index (Phi) is 4.28. The minimum absolute atomic E-state index is 0.0348. The molecular formula is C13H20N4O. The number of piperidine rings is 1. The van der Waals surface area contributed by atoms with E-state index in [0.29, 0.717) is 12.1 Å². The summed E-state index contributed by atoms with van der Waals surface area (Å²) in [5, 5.41) is 3.07. The number of nitrogens with one attached hydrogen (secondary N) is 1. The van der Waals surface area contributed by atoms with Gasteiger partial charge in [-0.1, -0.05) is 0 Å². The van der Waals surface area contributed by atoms with Gasteiger partial charge in [-0.2, -0.15) is 0 Å². The van der Waals surface area contributed by atoms with Gasteiger partial charge in [0.15, 0.2) is 0 Å². The minimum Gasteiger partial charge on any atom is -0.348 e. The molecule has 0 aliphatic carbocycles. The lowest BCUT2D eigenvalue weighted by Crippen LogP contribution is -2.46. The first-order valence-electron chi connectivity index (χ1n) is 6.33. The third-order valence-corrected chi connectivity index (χ3v) is 3.25. The van der Waals surface area contributed by atoms with Crippen molar-refractivity contribution >= 4 is 5.91 Å². The molecule has 0 radical (unpaired) electrons. The van der Waals surface area contributed by atoms with Gasteiger partial charge >= 0.3 is 0 Å². The van der Waals surface area contributed by atoms with Gasteiger partial charge in [0.05, 0.1) is 5.69 Å². The van der Waals surface area contributed by atoms with E-state index in [1.165, 1.54) is 0 Å². The Morgan fingerprint density at radius 3 is 3.22 bits per heavy atom. The molecule has 1 amide bonds. The van der Waals surface area contributed by atoms with Crippen LogP contribution in [-0.2, 0) is 6.54 Å². The van der Waals surface area contributed by atoms with Crippen LogP contribution in [0.5, 0.6) is 0 Å². The predicted molar refractivity (Wildman–Crippen MR) is 70.1 cm³/mol. The number of aromatic nitrogens is 1. The highest BCUT2D eigenvalue weighted by Crippen LogP contribution is 2.09. The number of likely N-dealkylation sites (N-methyl/N-ethyl adjacent to an activating group) is 1. The molecule has 5 nitrogen and oxygen atoms in total. The van der Waals surface area contributed by atoms with Crippen LogP contribution in [0.25, 0.3) is 0 Å². The molecule has 1 unspecified atom stereocenters. The SMILES string of the molecule is CN1CCCC(NC(=O)c2ccnc(CN)c2)C1. The lowest BCUT2D eigenvalue weighted by atomic mass is 10.1.